The molecule has 0 aliphatic heterocycles. The fraction of sp³-hybridized carbons (Fsp3) is 0.286. The number of nitrogens with zero attached hydrogens (tertiary/aromatic N) is 4. The summed E-state index contributed by atoms with van der Waals surface area (Å²) in [5.74, 6) is -0.189. The van der Waals surface area contributed by atoms with E-state index in [2.05, 4.69) is 47.3 Å². The summed E-state index contributed by atoms with van der Waals surface area (Å²) in [6.07, 6.45) is 8.94. The van der Waals surface area contributed by atoms with Crippen molar-refractivity contribution in [3.63, 3.8) is 0 Å². The van der Waals surface area contributed by atoms with Crippen LogP contribution in [0.25, 0.3) is 28.0 Å². The summed E-state index contributed by atoms with van der Waals surface area (Å²) in [6.45, 7) is 6.04. The van der Waals surface area contributed by atoms with Crippen molar-refractivity contribution in [2.75, 3.05) is 19.6 Å². The predicted molar refractivity (Wildman–Crippen MR) is 138 cm³/mol. The van der Waals surface area contributed by atoms with Crippen LogP contribution in [0.2, 0.25) is 0 Å². The lowest BCUT2D eigenvalue weighted by Crippen LogP contribution is -2.30. The van der Waals surface area contributed by atoms with Gasteiger partial charge in [0.2, 0.25) is 6.41 Å². The van der Waals surface area contributed by atoms with E-state index in [4.69, 9.17) is 0 Å². The highest BCUT2D eigenvalue weighted by molar-refractivity contribution is 5.93. The van der Waals surface area contributed by atoms with Crippen LogP contribution in [-0.2, 0) is 4.79 Å². The topological polar surface area (TPSA) is 79.6 Å². The van der Waals surface area contributed by atoms with E-state index < -0.39 is 0 Å². The van der Waals surface area contributed by atoms with E-state index in [9.17, 15) is 9.59 Å². The van der Waals surface area contributed by atoms with Gasteiger partial charge < -0.3 is 10.2 Å². The minimum absolute atomic E-state index is 0.189. The zero-order valence-electron chi connectivity index (χ0n) is 20.3. The van der Waals surface area contributed by atoms with Gasteiger partial charge in [-0.05, 0) is 44.0 Å². The van der Waals surface area contributed by atoms with E-state index in [0.29, 0.717) is 30.9 Å². The average Bonchev–Trinajstić information content (AvgIpc) is 3.31. The van der Waals surface area contributed by atoms with Crippen LogP contribution in [0.5, 0.6) is 0 Å². The number of pyridine rings is 2. The van der Waals surface area contributed by atoms with Crippen molar-refractivity contribution in [3.05, 3.63) is 78.4 Å². The molecule has 0 saturated heterocycles. The Balaban J connectivity index is 1.52. The molecule has 4 rings (SSSR count). The zero-order valence-corrected chi connectivity index (χ0v) is 20.3. The van der Waals surface area contributed by atoms with Crippen LogP contribution in [0.1, 0.15) is 42.2 Å². The van der Waals surface area contributed by atoms with Crippen molar-refractivity contribution >= 4 is 18.0 Å². The largest absolute Gasteiger partial charge is 0.351 e. The second-order valence-electron chi connectivity index (χ2n) is 8.66. The molecule has 0 bridgehead atoms. The van der Waals surface area contributed by atoms with Crippen LogP contribution in [0.15, 0.2) is 67.1 Å². The number of aromatic nitrogens is 3. The van der Waals surface area contributed by atoms with Crippen LogP contribution in [0, 0.1) is 6.92 Å². The Hall–Kier alpha value is -4.00. The van der Waals surface area contributed by atoms with Crippen LogP contribution < -0.4 is 5.32 Å². The van der Waals surface area contributed by atoms with Gasteiger partial charge in [-0.25, -0.2) is 4.98 Å². The first-order valence-electron chi connectivity index (χ1n) is 12.1. The molecule has 0 aliphatic rings. The van der Waals surface area contributed by atoms with Gasteiger partial charge in [0.25, 0.3) is 5.91 Å². The molecule has 180 valence electrons. The number of rotatable bonds is 11. The molecule has 0 aliphatic carbocycles. The van der Waals surface area contributed by atoms with Crippen LogP contribution in [0.3, 0.4) is 0 Å². The van der Waals surface area contributed by atoms with Gasteiger partial charge in [-0.15, -0.1) is 0 Å². The predicted octanol–water partition coefficient (Wildman–Crippen LogP) is 4.75. The van der Waals surface area contributed by atoms with Crippen LogP contribution in [-0.4, -0.2) is 51.2 Å². The number of unbranched alkanes of at least 4 members (excludes halogenated alkanes) is 1. The molecule has 7 nitrogen and oxygen atoms in total. The van der Waals surface area contributed by atoms with Crippen LogP contribution >= 0.6 is 0 Å². The molecular formula is C28H31N5O2. The van der Waals surface area contributed by atoms with Gasteiger partial charge in [0, 0.05) is 48.7 Å². The number of fused-ring (bicyclic) bond motifs is 1. The third-order valence-corrected chi connectivity index (χ3v) is 6.00. The maximum atomic E-state index is 12.9. The fourth-order valence-electron chi connectivity index (χ4n) is 4.12. The molecule has 0 saturated carbocycles. The molecular weight excluding hydrogens is 438 g/mol. The first-order chi connectivity index (χ1) is 17.1. The lowest BCUT2D eigenvalue weighted by atomic mass is 9.99. The molecule has 3 heterocycles. The van der Waals surface area contributed by atoms with Gasteiger partial charge in [0.1, 0.15) is 11.3 Å². The number of hydrogen-bond donors (Lipinski definition) is 1. The molecule has 1 N–H and O–H groups in total. The third-order valence-electron chi connectivity index (χ3n) is 6.00. The lowest BCUT2D eigenvalue weighted by molar-refractivity contribution is -0.118. The summed E-state index contributed by atoms with van der Waals surface area (Å²) < 4.78 is 1.82. The first kappa shape index (κ1) is 24.1. The van der Waals surface area contributed by atoms with Gasteiger partial charge >= 0.3 is 0 Å². The standard InChI is InChI=1S/C28H31N5O2/c1-3-4-15-32(20-34)16-7-14-30-28(35)25-18-31-26-12-11-23(19-33(25)26)24-10-6-13-29-27(24)22-9-5-8-21(2)17-22/h5-6,8-13,17-20H,3-4,7,14-16H2,1-2H3,(H,30,35). The Kier molecular flexibility index (Phi) is 7.88. The second kappa shape index (κ2) is 11.4. The summed E-state index contributed by atoms with van der Waals surface area (Å²) in [5.41, 5.74) is 6.22. The lowest BCUT2D eigenvalue weighted by Gasteiger charge is -2.16. The molecule has 4 aromatic rings. The maximum absolute atomic E-state index is 12.9. The number of hydrogen-bond acceptors (Lipinski definition) is 4. The average molecular weight is 470 g/mol. The monoisotopic (exact) mass is 469 g/mol. The molecule has 7 heteroatoms. The van der Waals surface area contributed by atoms with E-state index in [1.807, 2.05) is 40.9 Å². The molecule has 1 aromatic carbocycles. The van der Waals surface area contributed by atoms with Crippen molar-refractivity contribution < 1.29 is 9.59 Å². The number of carbonyl (C=O) groups excluding carboxylic acids is 2. The number of benzene rings is 1. The molecule has 0 atom stereocenters. The number of amides is 2. The highest BCUT2D eigenvalue weighted by Gasteiger charge is 2.15. The second-order valence-corrected chi connectivity index (χ2v) is 8.66. The highest BCUT2D eigenvalue weighted by Crippen LogP contribution is 2.31. The summed E-state index contributed by atoms with van der Waals surface area (Å²) in [4.78, 5) is 34.9. The number of aryl methyl sites for hydroxylation is 1. The van der Waals surface area contributed by atoms with E-state index in [1.165, 1.54) is 5.56 Å². The van der Waals surface area contributed by atoms with E-state index in [-0.39, 0.29) is 5.91 Å². The van der Waals surface area contributed by atoms with E-state index >= 15 is 0 Å². The smallest absolute Gasteiger partial charge is 0.269 e. The zero-order chi connectivity index (χ0) is 24.6. The Morgan fingerprint density at radius 3 is 2.71 bits per heavy atom. The Morgan fingerprint density at radius 1 is 1.06 bits per heavy atom. The van der Waals surface area contributed by atoms with Gasteiger partial charge in [-0.1, -0.05) is 43.2 Å². The molecule has 2 amide bonds. The molecule has 3 aromatic heterocycles. The van der Waals surface area contributed by atoms with E-state index in [0.717, 1.165) is 48.2 Å². The Bertz CT molecular complexity index is 1310. The number of imidazole rings is 1. The fourth-order valence-corrected chi connectivity index (χ4v) is 4.12. The Morgan fingerprint density at radius 2 is 1.91 bits per heavy atom. The van der Waals surface area contributed by atoms with Crippen molar-refractivity contribution in [2.24, 2.45) is 0 Å². The van der Waals surface area contributed by atoms with Gasteiger partial charge in [0.05, 0.1) is 11.9 Å². The maximum Gasteiger partial charge on any atom is 0.269 e. The third kappa shape index (κ3) is 5.74. The molecule has 35 heavy (non-hydrogen) atoms. The summed E-state index contributed by atoms with van der Waals surface area (Å²) in [6, 6.07) is 16.2. The summed E-state index contributed by atoms with van der Waals surface area (Å²) >= 11 is 0. The van der Waals surface area contributed by atoms with Crippen LogP contribution in [0.4, 0.5) is 0 Å². The molecule has 0 spiro atoms. The highest BCUT2D eigenvalue weighted by atomic mass is 16.2. The van der Waals surface area contributed by atoms with Gasteiger partial charge in [-0.2, -0.15) is 0 Å². The summed E-state index contributed by atoms with van der Waals surface area (Å²) in [5, 5.41) is 2.96. The van der Waals surface area contributed by atoms with Crippen molar-refractivity contribution in [2.45, 2.75) is 33.1 Å². The quantitative estimate of drug-likeness (QED) is 0.254. The minimum Gasteiger partial charge on any atom is -0.351 e. The van der Waals surface area contributed by atoms with Gasteiger partial charge in [-0.3, -0.25) is 19.0 Å². The molecule has 0 unspecified atom stereocenters. The normalized spacial score (nSPS) is 10.9. The summed E-state index contributed by atoms with van der Waals surface area (Å²) in [7, 11) is 0. The van der Waals surface area contributed by atoms with Crippen molar-refractivity contribution in [3.8, 4) is 22.4 Å². The molecule has 0 fully saturated rings. The van der Waals surface area contributed by atoms with E-state index in [1.54, 1.807) is 17.3 Å². The number of carbonyl (C=O) groups is 2. The van der Waals surface area contributed by atoms with Gasteiger partial charge in [0.15, 0.2) is 0 Å². The van der Waals surface area contributed by atoms with Crippen molar-refractivity contribution in [1.82, 2.24) is 24.6 Å². The SMILES string of the molecule is CCCCN(C=O)CCCNC(=O)c1cnc2ccc(-c3cccnc3-c3cccc(C)c3)cn12. The molecule has 0 radical (unpaired) electrons. The minimum atomic E-state index is -0.189. The Labute approximate surface area is 205 Å². The number of nitrogens with one attached hydrogen (secondary N) is 1. The van der Waals surface area contributed by atoms with Crippen molar-refractivity contribution in [1.29, 1.82) is 0 Å². The first-order valence-corrected chi connectivity index (χ1v) is 12.1.